The van der Waals surface area contributed by atoms with Crippen molar-refractivity contribution in [1.29, 1.82) is 0 Å². The molecule has 16 heavy (non-hydrogen) atoms. The molecule has 3 nitrogen and oxygen atoms in total. The van der Waals surface area contributed by atoms with Crippen LogP contribution in [0.5, 0.6) is 0 Å². The molecule has 0 atom stereocenters. The van der Waals surface area contributed by atoms with Gasteiger partial charge in [0.05, 0.1) is 0 Å². The van der Waals surface area contributed by atoms with Crippen LogP contribution in [-0.2, 0) is 0 Å². The summed E-state index contributed by atoms with van der Waals surface area (Å²) in [7, 11) is 0. The molecule has 0 spiro atoms. The topological polar surface area (TPSA) is 41.6 Å². The first-order valence-electron chi connectivity index (χ1n) is 6.17. The summed E-state index contributed by atoms with van der Waals surface area (Å²) in [5.74, 6) is 3.11. The number of hydrogen-bond acceptors (Lipinski definition) is 2. The van der Waals surface area contributed by atoms with Gasteiger partial charge in [-0.2, -0.15) is 11.8 Å². The maximum Gasteiger partial charge on any atom is 0.191 e. The van der Waals surface area contributed by atoms with Gasteiger partial charge in [0, 0.05) is 31.1 Å². The molecule has 0 amide bonds. The third kappa shape index (κ3) is 3.44. The van der Waals surface area contributed by atoms with Crippen LogP contribution >= 0.6 is 11.8 Å². The van der Waals surface area contributed by atoms with E-state index in [2.05, 4.69) is 16.0 Å². The van der Waals surface area contributed by atoms with Gasteiger partial charge in [0.2, 0.25) is 0 Å². The molecular weight excluding hydrogens is 218 g/mol. The number of guanidine groups is 1. The lowest BCUT2D eigenvalue weighted by atomic mass is 10.2. The Balaban J connectivity index is 1.72. The minimum Gasteiger partial charge on any atom is -0.370 e. The number of nitrogens with two attached hydrogens (primary N) is 1. The van der Waals surface area contributed by atoms with Crippen LogP contribution < -0.4 is 5.73 Å². The van der Waals surface area contributed by atoms with Gasteiger partial charge >= 0.3 is 0 Å². The van der Waals surface area contributed by atoms with Gasteiger partial charge in [0.15, 0.2) is 5.96 Å². The molecule has 1 aliphatic carbocycles. The average molecular weight is 239 g/mol. The van der Waals surface area contributed by atoms with Crippen molar-refractivity contribution < 1.29 is 0 Å². The molecule has 1 fully saturated rings. The first kappa shape index (κ1) is 11.8. The van der Waals surface area contributed by atoms with E-state index < -0.39 is 0 Å². The Bertz CT molecular complexity index is 280. The molecule has 1 heterocycles. The molecule has 0 aromatic carbocycles. The van der Waals surface area contributed by atoms with Crippen molar-refractivity contribution in [2.75, 3.05) is 31.1 Å². The molecule has 0 aromatic rings. The highest BCUT2D eigenvalue weighted by Crippen LogP contribution is 2.20. The van der Waals surface area contributed by atoms with Gasteiger partial charge in [0.25, 0.3) is 0 Å². The predicted molar refractivity (Wildman–Crippen MR) is 71.9 cm³/mol. The van der Waals surface area contributed by atoms with Crippen LogP contribution in [0, 0.1) is 0 Å². The Morgan fingerprint density at radius 3 is 2.94 bits per heavy atom. The van der Waals surface area contributed by atoms with E-state index in [1.807, 2.05) is 11.8 Å². The summed E-state index contributed by atoms with van der Waals surface area (Å²) in [5, 5.41) is 0. The summed E-state index contributed by atoms with van der Waals surface area (Å²) in [6.07, 6.45) is 7.33. The maximum atomic E-state index is 5.98. The normalized spacial score (nSPS) is 22.4. The second-order valence-electron chi connectivity index (χ2n) is 4.34. The Kier molecular flexibility index (Phi) is 4.57. The minimum absolute atomic E-state index is 0.749. The molecule has 2 aliphatic rings. The molecular formula is C12H21N3S. The van der Waals surface area contributed by atoms with Crippen LogP contribution in [0.4, 0.5) is 0 Å². The third-order valence-corrected chi connectivity index (χ3v) is 4.12. The summed E-state index contributed by atoms with van der Waals surface area (Å²) in [6.45, 7) is 2.98. The Morgan fingerprint density at radius 2 is 2.25 bits per heavy atom. The lowest BCUT2D eigenvalue weighted by Crippen LogP contribution is -2.42. The summed E-state index contributed by atoms with van der Waals surface area (Å²) >= 11 is 2.00. The van der Waals surface area contributed by atoms with Gasteiger partial charge in [0.1, 0.15) is 0 Å². The van der Waals surface area contributed by atoms with Gasteiger partial charge < -0.3 is 10.6 Å². The lowest BCUT2D eigenvalue weighted by Gasteiger charge is -2.27. The SMILES string of the molecule is NC(=NCCC1=CCCC1)N1CCSCC1. The van der Waals surface area contributed by atoms with Gasteiger partial charge in [-0.3, -0.25) is 4.99 Å². The zero-order valence-corrected chi connectivity index (χ0v) is 10.6. The summed E-state index contributed by atoms with van der Waals surface area (Å²) in [4.78, 5) is 6.69. The van der Waals surface area contributed by atoms with E-state index in [4.69, 9.17) is 5.73 Å². The van der Waals surface area contributed by atoms with E-state index in [9.17, 15) is 0 Å². The zero-order chi connectivity index (χ0) is 11.2. The second kappa shape index (κ2) is 6.18. The van der Waals surface area contributed by atoms with E-state index in [1.165, 1.54) is 30.8 Å². The summed E-state index contributed by atoms with van der Waals surface area (Å²) in [6, 6.07) is 0. The van der Waals surface area contributed by atoms with Crippen LogP contribution in [-0.4, -0.2) is 42.0 Å². The van der Waals surface area contributed by atoms with E-state index in [0.717, 1.165) is 32.0 Å². The second-order valence-corrected chi connectivity index (χ2v) is 5.57. The lowest BCUT2D eigenvalue weighted by molar-refractivity contribution is 0.456. The van der Waals surface area contributed by atoms with Crippen LogP contribution in [0.3, 0.4) is 0 Å². The van der Waals surface area contributed by atoms with Gasteiger partial charge in [-0.05, 0) is 25.7 Å². The molecule has 4 heteroatoms. The highest BCUT2D eigenvalue weighted by molar-refractivity contribution is 7.99. The quantitative estimate of drug-likeness (QED) is 0.464. The van der Waals surface area contributed by atoms with Gasteiger partial charge in [-0.25, -0.2) is 0 Å². The molecule has 0 unspecified atom stereocenters. The Morgan fingerprint density at radius 1 is 1.44 bits per heavy atom. The average Bonchev–Trinajstić information content (AvgIpc) is 2.83. The molecule has 0 radical (unpaired) electrons. The van der Waals surface area contributed by atoms with Crippen LogP contribution in [0.15, 0.2) is 16.6 Å². The van der Waals surface area contributed by atoms with Crippen molar-refractivity contribution in [2.45, 2.75) is 25.7 Å². The zero-order valence-electron chi connectivity index (χ0n) is 9.82. The fourth-order valence-electron chi connectivity index (χ4n) is 2.17. The van der Waals surface area contributed by atoms with Crippen LogP contribution in [0.25, 0.3) is 0 Å². The smallest absolute Gasteiger partial charge is 0.191 e. The number of nitrogens with zero attached hydrogens (tertiary/aromatic N) is 2. The summed E-state index contributed by atoms with van der Waals surface area (Å²) in [5.41, 5.74) is 7.56. The number of allylic oxidation sites excluding steroid dienone is 1. The highest BCUT2D eigenvalue weighted by Gasteiger charge is 2.11. The van der Waals surface area contributed by atoms with E-state index in [0.29, 0.717) is 0 Å². The van der Waals surface area contributed by atoms with Crippen molar-refractivity contribution in [1.82, 2.24) is 4.90 Å². The van der Waals surface area contributed by atoms with Crippen molar-refractivity contribution in [3.8, 4) is 0 Å². The van der Waals surface area contributed by atoms with E-state index in [-0.39, 0.29) is 0 Å². The first-order valence-corrected chi connectivity index (χ1v) is 7.32. The number of thioether (sulfide) groups is 1. The Labute approximate surface area is 102 Å². The van der Waals surface area contributed by atoms with Gasteiger partial charge in [-0.1, -0.05) is 11.6 Å². The van der Waals surface area contributed by atoms with Crippen molar-refractivity contribution >= 4 is 17.7 Å². The first-order chi connectivity index (χ1) is 7.86. The van der Waals surface area contributed by atoms with Crippen LogP contribution in [0.2, 0.25) is 0 Å². The largest absolute Gasteiger partial charge is 0.370 e. The molecule has 0 saturated carbocycles. The number of aliphatic imine (C=N–C) groups is 1. The predicted octanol–water partition coefficient (Wildman–Crippen LogP) is 1.85. The fourth-order valence-corrected chi connectivity index (χ4v) is 3.07. The fraction of sp³-hybridized carbons (Fsp3) is 0.750. The minimum atomic E-state index is 0.749. The monoisotopic (exact) mass is 239 g/mol. The van der Waals surface area contributed by atoms with E-state index >= 15 is 0 Å². The maximum absolute atomic E-state index is 5.98. The third-order valence-electron chi connectivity index (χ3n) is 3.18. The highest BCUT2D eigenvalue weighted by atomic mass is 32.2. The summed E-state index contributed by atoms with van der Waals surface area (Å²) < 4.78 is 0. The van der Waals surface area contributed by atoms with Crippen molar-refractivity contribution in [3.05, 3.63) is 11.6 Å². The molecule has 0 bridgehead atoms. The molecule has 0 aromatic heterocycles. The molecule has 2 rings (SSSR count). The molecule has 1 aliphatic heterocycles. The van der Waals surface area contributed by atoms with Crippen molar-refractivity contribution in [2.24, 2.45) is 10.7 Å². The molecule has 2 N–H and O–H groups in total. The number of hydrogen-bond donors (Lipinski definition) is 1. The standard InChI is InChI=1S/C12H21N3S/c13-12(15-7-9-16-10-8-15)14-6-5-11-3-1-2-4-11/h3H,1-2,4-10H2,(H2,13,14). The van der Waals surface area contributed by atoms with Crippen molar-refractivity contribution in [3.63, 3.8) is 0 Å². The molecule has 1 saturated heterocycles. The number of rotatable bonds is 3. The van der Waals surface area contributed by atoms with Crippen LogP contribution in [0.1, 0.15) is 25.7 Å². The van der Waals surface area contributed by atoms with E-state index in [1.54, 1.807) is 5.57 Å². The van der Waals surface area contributed by atoms with Gasteiger partial charge in [-0.15, -0.1) is 0 Å². The Hall–Kier alpha value is -0.640. The molecule has 90 valence electrons.